The van der Waals surface area contributed by atoms with Gasteiger partial charge in [-0.25, -0.2) is 8.42 Å². The number of carbonyl (C=O) groups is 2. The summed E-state index contributed by atoms with van der Waals surface area (Å²) in [6.07, 6.45) is 1.08. The number of amides is 2. The van der Waals surface area contributed by atoms with E-state index in [0.717, 1.165) is 16.7 Å². The highest BCUT2D eigenvalue weighted by Crippen LogP contribution is 2.37. The van der Waals surface area contributed by atoms with E-state index >= 15 is 0 Å². The highest BCUT2D eigenvalue weighted by Gasteiger charge is 2.42. The SMILES string of the molecule is COc1ccc(C(CS(C)(=O)=O)N2C(=O)c3cscc3C2=O)cc1OCc1ccccc1. The Morgan fingerprint density at radius 1 is 0.969 bits per heavy atom. The molecule has 0 bridgehead atoms. The molecule has 1 atom stereocenters. The van der Waals surface area contributed by atoms with Crippen LogP contribution in [0.4, 0.5) is 0 Å². The molecule has 1 unspecified atom stereocenters. The summed E-state index contributed by atoms with van der Waals surface area (Å²) in [5.41, 5.74) is 2.01. The molecule has 0 saturated carbocycles. The first-order chi connectivity index (χ1) is 15.3. The summed E-state index contributed by atoms with van der Waals surface area (Å²) in [5.74, 6) is -0.547. The average molecular weight is 472 g/mol. The van der Waals surface area contributed by atoms with Crippen molar-refractivity contribution in [2.75, 3.05) is 19.1 Å². The maximum Gasteiger partial charge on any atom is 0.263 e. The number of imide groups is 1. The Balaban J connectivity index is 1.71. The molecule has 0 spiro atoms. The molecule has 0 saturated heterocycles. The zero-order valence-corrected chi connectivity index (χ0v) is 19.1. The number of ether oxygens (including phenoxy) is 2. The molecule has 1 aliphatic heterocycles. The predicted octanol–water partition coefficient (Wildman–Crippen LogP) is 3.72. The Hall–Kier alpha value is -3.17. The van der Waals surface area contributed by atoms with Crippen LogP contribution in [0.25, 0.3) is 0 Å². The first-order valence-electron chi connectivity index (χ1n) is 9.75. The van der Waals surface area contributed by atoms with E-state index in [-0.39, 0.29) is 6.61 Å². The quantitative estimate of drug-likeness (QED) is 0.465. The Kier molecular flexibility index (Phi) is 6.03. The molecule has 2 heterocycles. The number of fused-ring (bicyclic) bond motifs is 1. The number of benzene rings is 2. The molecule has 1 aliphatic rings. The summed E-state index contributed by atoms with van der Waals surface area (Å²) in [6.45, 7) is 0.274. The number of sulfone groups is 1. The van der Waals surface area contributed by atoms with Crippen LogP contribution in [0.1, 0.15) is 37.9 Å². The number of methoxy groups -OCH3 is 1. The second kappa shape index (κ2) is 8.76. The lowest BCUT2D eigenvalue weighted by atomic mass is 10.1. The normalized spacial score (nSPS) is 14.4. The number of hydrogen-bond acceptors (Lipinski definition) is 7. The van der Waals surface area contributed by atoms with E-state index in [1.54, 1.807) is 29.0 Å². The van der Waals surface area contributed by atoms with E-state index < -0.39 is 33.4 Å². The lowest BCUT2D eigenvalue weighted by molar-refractivity contribution is 0.0597. The van der Waals surface area contributed by atoms with Crippen molar-refractivity contribution in [3.8, 4) is 11.5 Å². The molecule has 2 amide bonds. The fourth-order valence-corrected chi connectivity index (χ4v) is 5.33. The van der Waals surface area contributed by atoms with Gasteiger partial charge in [-0.15, -0.1) is 0 Å². The summed E-state index contributed by atoms with van der Waals surface area (Å²) in [7, 11) is -2.02. The van der Waals surface area contributed by atoms with Gasteiger partial charge >= 0.3 is 0 Å². The monoisotopic (exact) mass is 471 g/mol. The second-order valence-corrected chi connectivity index (χ2v) is 10.4. The first-order valence-corrected chi connectivity index (χ1v) is 12.8. The van der Waals surface area contributed by atoms with E-state index in [9.17, 15) is 18.0 Å². The summed E-state index contributed by atoms with van der Waals surface area (Å²) in [6, 6.07) is 13.5. The topological polar surface area (TPSA) is 90.0 Å². The Labute approximate surface area is 190 Å². The smallest absolute Gasteiger partial charge is 0.263 e. The first kappa shape index (κ1) is 22.0. The fourth-order valence-electron chi connectivity index (χ4n) is 3.62. The van der Waals surface area contributed by atoms with Crippen LogP contribution in [0, 0.1) is 0 Å². The molecular weight excluding hydrogens is 450 g/mol. The van der Waals surface area contributed by atoms with E-state index in [4.69, 9.17) is 9.47 Å². The molecule has 3 aromatic rings. The van der Waals surface area contributed by atoms with E-state index in [2.05, 4.69) is 0 Å². The van der Waals surface area contributed by atoms with Gasteiger partial charge in [0.15, 0.2) is 11.5 Å². The molecule has 0 aliphatic carbocycles. The Bertz CT molecular complexity index is 1240. The summed E-state index contributed by atoms with van der Waals surface area (Å²) < 4.78 is 35.7. The Morgan fingerprint density at radius 3 is 2.22 bits per heavy atom. The van der Waals surface area contributed by atoms with Crippen molar-refractivity contribution < 1.29 is 27.5 Å². The third-order valence-electron chi connectivity index (χ3n) is 5.14. The van der Waals surface area contributed by atoms with Gasteiger partial charge in [0.05, 0.1) is 30.0 Å². The fraction of sp³-hybridized carbons (Fsp3) is 0.217. The van der Waals surface area contributed by atoms with Crippen LogP contribution in [0.15, 0.2) is 59.3 Å². The van der Waals surface area contributed by atoms with E-state index in [1.807, 2.05) is 30.3 Å². The van der Waals surface area contributed by atoms with Crippen LogP contribution in [0.2, 0.25) is 0 Å². The van der Waals surface area contributed by atoms with Gasteiger partial charge < -0.3 is 9.47 Å². The van der Waals surface area contributed by atoms with E-state index in [0.29, 0.717) is 28.2 Å². The van der Waals surface area contributed by atoms with Crippen LogP contribution in [-0.4, -0.2) is 44.3 Å². The van der Waals surface area contributed by atoms with Crippen molar-refractivity contribution in [3.05, 3.63) is 81.5 Å². The molecule has 1 aromatic heterocycles. The number of rotatable bonds is 8. The number of hydrogen-bond donors (Lipinski definition) is 0. The van der Waals surface area contributed by atoms with Crippen LogP contribution in [-0.2, 0) is 16.4 Å². The van der Waals surface area contributed by atoms with Gasteiger partial charge in [-0.2, -0.15) is 11.3 Å². The number of carbonyl (C=O) groups excluding carboxylic acids is 2. The second-order valence-electron chi connectivity index (χ2n) is 7.47. The van der Waals surface area contributed by atoms with Gasteiger partial charge in [0.1, 0.15) is 16.4 Å². The maximum absolute atomic E-state index is 12.9. The van der Waals surface area contributed by atoms with Gasteiger partial charge in [-0.05, 0) is 23.3 Å². The number of thiophene rings is 1. The van der Waals surface area contributed by atoms with Crippen molar-refractivity contribution in [2.24, 2.45) is 0 Å². The summed E-state index contributed by atoms with van der Waals surface area (Å²) in [4.78, 5) is 26.9. The average Bonchev–Trinajstić information content (AvgIpc) is 3.34. The molecule has 7 nitrogen and oxygen atoms in total. The molecule has 32 heavy (non-hydrogen) atoms. The third kappa shape index (κ3) is 4.39. The molecule has 0 fully saturated rings. The highest BCUT2D eigenvalue weighted by molar-refractivity contribution is 7.90. The van der Waals surface area contributed by atoms with Gasteiger partial charge in [0.25, 0.3) is 11.8 Å². The van der Waals surface area contributed by atoms with Crippen molar-refractivity contribution >= 4 is 33.0 Å². The summed E-state index contributed by atoms with van der Waals surface area (Å²) in [5, 5.41) is 3.21. The minimum atomic E-state index is -3.53. The van der Waals surface area contributed by atoms with Crippen LogP contribution in [0.3, 0.4) is 0 Å². The molecule has 4 rings (SSSR count). The van der Waals surface area contributed by atoms with Crippen LogP contribution < -0.4 is 9.47 Å². The lowest BCUT2D eigenvalue weighted by Crippen LogP contribution is -2.37. The zero-order valence-electron chi connectivity index (χ0n) is 17.5. The molecule has 2 aromatic carbocycles. The van der Waals surface area contributed by atoms with Gasteiger partial charge in [-0.3, -0.25) is 14.5 Å². The van der Waals surface area contributed by atoms with Crippen molar-refractivity contribution in [3.63, 3.8) is 0 Å². The lowest BCUT2D eigenvalue weighted by Gasteiger charge is -2.27. The zero-order chi connectivity index (χ0) is 22.9. The molecular formula is C23H21NO6S2. The van der Waals surface area contributed by atoms with Crippen LogP contribution >= 0.6 is 11.3 Å². The van der Waals surface area contributed by atoms with Gasteiger partial charge in [0, 0.05) is 17.0 Å². The molecule has 0 N–H and O–H groups in total. The van der Waals surface area contributed by atoms with Crippen LogP contribution in [0.5, 0.6) is 11.5 Å². The molecule has 9 heteroatoms. The van der Waals surface area contributed by atoms with Gasteiger partial charge in [0.2, 0.25) is 0 Å². The van der Waals surface area contributed by atoms with E-state index in [1.165, 1.54) is 18.4 Å². The van der Waals surface area contributed by atoms with Crippen molar-refractivity contribution in [1.29, 1.82) is 0 Å². The highest BCUT2D eigenvalue weighted by atomic mass is 32.2. The minimum Gasteiger partial charge on any atom is -0.493 e. The maximum atomic E-state index is 12.9. The van der Waals surface area contributed by atoms with Crippen molar-refractivity contribution in [2.45, 2.75) is 12.6 Å². The largest absolute Gasteiger partial charge is 0.493 e. The number of nitrogens with zero attached hydrogens (tertiary/aromatic N) is 1. The Morgan fingerprint density at radius 2 is 1.62 bits per heavy atom. The molecule has 0 radical (unpaired) electrons. The molecule has 166 valence electrons. The minimum absolute atomic E-state index is 0.274. The standard InChI is InChI=1S/C23H21NO6S2/c1-29-20-9-8-16(10-21(20)30-11-15-6-4-3-5-7-15)19(14-32(2,27)28)24-22(25)17-12-31-13-18(17)23(24)26/h3-10,12-13,19H,11,14H2,1-2H3. The van der Waals surface area contributed by atoms with Gasteiger partial charge in [-0.1, -0.05) is 36.4 Å². The van der Waals surface area contributed by atoms with Crippen molar-refractivity contribution in [1.82, 2.24) is 4.90 Å². The predicted molar refractivity (Wildman–Crippen MR) is 121 cm³/mol. The summed E-state index contributed by atoms with van der Waals surface area (Å²) >= 11 is 1.26. The third-order valence-corrected chi connectivity index (χ3v) is 6.81.